The van der Waals surface area contributed by atoms with Crippen LogP contribution in [0, 0.1) is 24.0 Å². The number of terminal acetylenes is 1. The third-order valence-corrected chi connectivity index (χ3v) is 10.4. The summed E-state index contributed by atoms with van der Waals surface area (Å²) in [5.41, 5.74) is 5.26. The van der Waals surface area contributed by atoms with Gasteiger partial charge in [-0.2, -0.15) is 9.97 Å². The predicted molar refractivity (Wildman–Crippen MR) is 165 cm³/mol. The number of rotatable bonds is 5. The highest BCUT2D eigenvalue weighted by molar-refractivity contribution is 6.03. The van der Waals surface area contributed by atoms with Gasteiger partial charge in [-0.25, -0.2) is 17.6 Å². The third kappa shape index (κ3) is 4.39. The van der Waals surface area contributed by atoms with Gasteiger partial charge in [-0.3, -0.25) is 9.88 Å². The van der Waals surface area contributed by atoms with E-state index in [2.05, 4.69) is 20.8 Å². The van der Waals surface area contributed by atoms with Crippen molar-refractivity contribution in [1.82, 2.24) is 19.9 Å². The second-order valence-electron chi connectivity index (χ2n) is 13.1. The standard InChI is InChI=1S/C34H32F4N6O2/c1-2-21-24(36)6-4-17-10-20(45)12-22(27(17)21)30-29(38)31-23(14-40-30)32(44-19-5-7-26(44)28(37)25(39)11-19)42-33(41-31)46-16-34-8-3-9-43(34)15-18(35)13-34/h1,4,6,10,12,14,18-19,25-26,28,45H,3,5,7-9,11,13,15-16,39H2/t18-,19+,25-,26-,28+,34+/m1/s1. The molecule has 0 radical (unpaired) electrons. The lowest BCUT2D eigenvalue weighted by Gasteiger charge is -2.41. The lowest BCUT2D eigenvalue weighted by Crippen LogP contribution is -2.56. The molecule has 0 spiro atoms. The first-order valence-corrected chi connectivity index (χ1v) is 15.7. The fourth-order valence-corrected chi connectivity index (χ4v) is 8.39. The van der Waals surface area contributed by atoms with Gasteiger partial charge in [0.2, 0.25) is 0 Å². The zero-order chi connectivity index (χ0) is 31.9. The van der Waals surface area contributed by atoms with Crippen molar-refractivity contribution in [2.24, 2.45) is 5.73 Å². The molecule has 4 aliphatic rings. The number of aromatic nitrogens is 3. The van der Waals surface area contributed by atoms with E-state index in [-0.39, 0.29) is 63.3 Å². The molecule has 8 rings (SSSR count). The van der Waals surface area contributed by atoms with Gasteiger partial charge in [0.1, 0.15) is 47.5 Å². The van der Waals surface area contributed by atoms with E-state index < -0.39 is 41.6 Å². The van der Waals surface area contributed by atoms with Crippen LogP contribution < -0.4 is 15.4 Å². The molecule has 0 amide bonds. The number of nitrogens with two attached hydrogens (primary N) is 1. The van der Waals surface area contributed by atoms with E-state index in [0.717, 1.165) is 19.4 Å². The SMILES string of the molecule is C#Cc1c(F)ccc2cc(O)cc(-c3ncc4c(N5[C@H]6CC[C@@H]5[C@@H](F)[C@H](N)C6)nc(OC[C@@]56CCCN5C[C@H](F)C6)nc4c3F)c12. The molecule has 4 aromatic rings. The monoisotopic (exact) mass is 632 g/mol. The summed E-state index contributed by atoms with van der Waals surface area (Å²) in [5.74, 6) is 0.890. The lowest BCUT2D eigenvalue weighted by molar-refractivity contribution is 0.107. The summed E-state index contributed by atoms with van der Waals surface area (Å²) in [6.07, 6.45) is 8.43. The largest absolute Gasteiger partial charge is 0.508 e. The lowest BCUT2D eigenvalue weighted by atomic mass is 9.95. The highest BCUT2D eigenvalue weighted by Gasteiger charge is 2.50. The van der Waals surface area contributed by atoms with Gasteiger partial charge in [0.15, 0.2) is 5.82 Å². The van der Waals surface area contributed by atoms with Gasteiger partial charge in [0, 0.05) is 42.2 Å². The minimum atomic E-state index is -1.31. The number of benzene rings is 2. The molecular formula is C34H32F4N6O2. The quantitative estimate of drug-likeness (QED) is 0.230. The van der Waals surface area contributed by atoms with Gasteiger partial charge >= 0.3 is 6.01 Å². The molecule has 8 nitrogen and oxygen atoms in total. The maximum atomic E-state index is 16.8. The van der Waals surface area contributed by atoms with Gasteiger partial charge in [-0.05, 0) is 62.2 Å². The van der Waals surface area contributed by atoms with Crippen LogP contribution in [0.4, 0.5) is 23.4 Å². The number of ether oxygens (including phenoxy) is 1. The molecule has 6 atom stereocenters. The molecule has 4 saturated heterocycles. The van der Waals surface area contributed by atoms with Crippen molar-refractivity contribution in [2.45, 2.75) is 74.5 Å². The van der Waals surface area contributed by atoms with Crippen LogP contribution in [0.1, 0.15) is 44.1 Å². The zero-order valence-electron chi connectivity index (χ0n) is 24.9. The number of halogens is 4. The third-order valence-electron chi connectivity index (χ3n) is 10.4. The van der Waals surface area contributed by atoms with Gasteiger partial charge in [-0.15, -0.1) is 6.42 Å². The Morgan fingerprint density at radius 3 is 2.85 bits per heavy atom. The Morgan fingerprint density at radius 2 is 2.02 bits per heavy atom. The topological polar surface area (TPSA) is 101 Å². The molecule has 4 fully saturated rings. The summed E-state index contributed by atoms with van der Waals surface area (Å²) in [4.78, 5) is 17.6. The van der Waals surface area contributed by atoms with Crippen LogP contribution in [-0.2, 0) is 0 Å². The first kappa shape index (κ1) is 29.2. The number of pyridine rings is 1. The predicted octanol–water partition coefficient (Wildman–Crippen LogP) is 5.17. The van der Waals surface area contributed by atoms with Crippen LogP contribution in [0.15, 0.2) is 30.5 Å². The first-order chi connectivity index (χ1) is 22.2. The minimum Gasteiger partial charge on any atom is -0.508 e. The van der Waals surface area contributed by atoms with Gasteiger partial charge < -0.3 is 20.5 Å². The average molecular weight is 633 g/mol. The Labute approximate surface area is 262 Å². The summed E-state index contributed by atoms with van der Waals surface area (Å²) in [6, 6.07) is 3.89. The first-order valence-electron chi connectivity index (χ1n) is 15.7. The number of phenolic OH excluding ortho intramolecular Hbond substituents is 1. The molecule has 3 N–H and O–H groups in total. The molecular weight excluding hydrogens is 600 g/mol. The van der Waals surface area contributed by atoms with E-state index in [1.165, 1.54) is 30.5 Å². The molecule has 4 aliphatic heterocycles. The van der Waals surface area contributed by atoms with E-state index in [1.807, 2.05) is 4.90 Å². The Bertz CT molecular complexity index is 1940. The molecule has 2 aromatic carbocycles. The number of alkyl halides is 2. The van der Waals surface area contributed by atoms with Crippen LogP contribution >= 0.6 is 0 Å². The molecule has 238 valence electrons. The van der Waals surface area contributed by atoms with Crippen molar-refractivity contribution in [2.75, 3.05) is 24.6 Å². The molecule has 0 saturated carbocycles. The zero-order valence-corrected chi connectivity index (χ0v) is 24.9. The average Bonchev–Trinajstić information content (AvgIpc) is 3.68. The number of anilines is 1. The minimum absolute atomic E-state index is 0.0812. The summed E-state index contributed by atoms with van der Waals surface area (Å²) >= 11 is 0. The van der Waals surface area contributed by atoms with E-state index in [1.54, 1.807) is 0 Å². The van der Waals surface area contributed by atoms with E-state index in [0.29, 0.717) is 37.6 Å². The summed E-state index contributed by atoms with van der Waals surface area (Å²) < 4.78 is 67.8. The smallest absolute Gasteiger partial charge is 0.319 e. The normalized spacial score (nSPS) is 29.0. The molecule has 2 aromatic heterocycles. The van der Waals surface area contributed by atoms with E-state index >= 15 is 8.78 Å². The number of nitrogens with zero attached hydrogens (tertiary/aromatic N) is 5. The Balaban J connectivity index is 1.30. The highest BCUT2D eigenvalue weighted by Crippen LogP contribution is 2.45. The van der Waals surface area contributed by atoms with Crippen LogP contribution in [0.5, 0.6) is 11.8 Å². The summed E-state index contributed by atoms with van der Waals surface area (Å²) in [6.45, 7) is 1.22. The van der Waals surface area contributed by atoms with Gasteiger partial charge in [-0.1, -0.05) is 12.0 Å². The van der Waals surface area contributed by atoms with Crippen LogP contribution in [0.2, 0.25) is 0 Å². The molecule has 0 unspecified atom stereocenters. The Hall–Kier alpha value is -4.21. The van der Waals surface area contributed by atoms with Gasteiger partial charge in [0.05, 0.1) is 22.5 Å². The van der Waals surface area contributed by atoms with Crippen molar-refractivity contribution in [3.63, 3.8) is 0 Å². The van der Waals surface area contributed by atoms with Crippen LogP contribution in [0.25, 0.3) is 32.9 Å². The second kappa shape index (κ2) is 10.7. The molecule has 6 heterocycles. The molecule has 2 bridgehead atoms. The van der Waals surface area contributed by atoms with Crippen LogP contribution in [0.3, 0.4) is 0 Å². The number of hydrogen-bond acceptors (Lipinski definition) is 8. The molecule has 0 aliphatic carbocycles. The van der Waals surface area contributed by atoms with E-state index in [9.17, 15) is 13.9 Å². The van der Waals surface area contributed by atoms with Crippen molar-refractivity contribution < 1.29 is 27.4 Å². The number of aromatic hydroxyl groups is 1. The fraction of sp³-hybridized carbons (Fsp3) is 0.441. The van der Waals surface area contributed by atoms with Crippen LogP contribution in [-0.4, -0.2) is 80.7 Å². The van der Waals surface area contributed by atoms with Crippen molar-refractivity contribution in [3.05, 3.63) is 47.7 Å². The number of piperidine rings is 1. The highest BCUT2D eigenvalue weighted by atomic mass is 19.1. The Kier molecular flexibility index (Phi) is 6.78. The maximum Gasteiger partial charge on any atom is 0.319 e. The fourth-order valence-electron chi connectivity index (χ4n) is 8.39. The number of hydrogen-bond donors (Lipinski definition) is 2. The summed E-state index contributed by atoms with van der Waals surface area (Å²) in [5, 5.41) is 11.4. The van der Waals surface area contributed by atoms with E-state index in [4.69, 9.17) is 21.9 Å². The molecule has 12 heteroatoms. The number of fused-ring (bicyclic) bond motifs is 5. The van der Waals surface area contributed by atoms with Crippen molar-refractivity contribution >= 4 is 27.5 Å². The number of phenols is 1. The van der Waals surface area contributed by atoms with Crippen molar-refractivity contribution in [1.29, 1.82) is 0 Å². The molecule has 46 heavy (non-hydrogen) atoms. The summed E-state index contributed by atoms with van der Waals surface area (Å²) in [7, 11) is 0. The van der Waals surface area contributed by atoms with Crippen molar-refractivity contribution in [3.8, 4) is 35.4 Å². The maximum absolute atomic E-state index is 16.8. The van der Waals surface area contributed by atoms with Gasteiger partial charge in [0.25, 0.3) is 0 Å². The Morgan fingerprint density at radius 1 is 1.17 bits per heavy atom. The second-order valence-corrected chi connectivity index (χ2v) is 13.1.